The van der Waals surface area contributed by atoms with E-state index in [9.17, 15) is 4.79 Å². The Balaban J connectivity index is 3.01. The van der Waals surface area contributed by atoms with Gasteiger partial charge in [-0.05, 0) is 36.1 Å². The Morgan fingerprint density at radius 3 is 2.69 bits per heavy atom. The highest BCUT2D eigenvalue weighted by Gasteiger charge is 2.04. The van der Waals surface area contributed by atoms with Crippen LogP contribution in [0, 0.1) is 5.92 Å². The molecule has 70 valence electrons. The highest BCUT2D eigenvalue weighted by Crippen LogP contribution is 2.17. The molecule has 0 bridgehead atoms. The van der Waals surface area contributed by atoms with Crippen LogP contribution in [0.2, 0.25) is 5.02 Å². The molecule has 0 aromatic heterocycles. The first kappa shape index (κ1) is 10.3. The molecule has 0 fully saturated rings. The van der Waals surface area contributed by atoms with Crippen molar-refractivity contribution in [2.45, 2.75) is 20.3 Å². The van der Waals surface area contributed by atoms with Crippen LogP contribution in [0.25, 0.3) is 0 Å². The molecule has 0 saturated heterocycles. The van der Waals surface area contributed by atoms with Crippen molar-refractivity contribution in [2.75, 3.05) is 0 Å². The molecule has 0 N–H and O–H groups in total. The Labute approximate surface area is 83.7 Å². The summed E-state index contributed by atoms with van der Waals surface area (Å²) in [6.07, 6.45) is 1.78. The summed E-state index contributed by atoms with van der Waals surface area (Å²) < 4.78 is 0. The summed E-state index contributed by atoms with van der Waals surface area (Å²) in [6.45, 7) is 4.24. The summed E-state index contributed by atoms with van der Waals surface area (Å²) in [5.74, 6) is 0.539. The van der Waals surface area contributed by atoms with Gasteiger partial charge in [0, 0.05) is 10.6 Å². The zero-order valence-electron chi connectivity index (χ0n) is 7.88. The fourth-order valence-electron chi connectivity index (χ4n) is 1.31. The smallest absolute Gasteiger partial charge is 0.150 e. The van der Waals surface area contributed by atoms with Gasteiger partial charge in [-0.1, -0.05) is 25.4 Å². The minimum absolute atomic E-state index is 0.539. The first-order valence-corrected chi connectivity index (χ1v) is 4.75. The molecular weight excluding hydrogens is 184 g/mol. The van der Waals surface area contributed by atoms with Crippen LogP contribution in [0.15, 0.2) is 18.2 Å². The van der Waals surface area contributed by atoms with Crippen molar-refractivity contribution in [3.05, 3.63) is 34.3 Å². The summed E-state index contributed by atoms with van der Waals surface area (Å²) in [6, 6.07) is 5.38. The van der Waals surface area contributed by atoms with E-state index < -0.39 is 0 Å². The fraction of sp³-hybridized carbons (Fsp3) is 0.364. The molecule has 1 aromatic carbocycles. The van der Waals surface area contributed by atoms with Gasteiger partial charge >= 0.3 is 0 Å². The van der Waals surface area contributed by atoms with Crippen LogP contribution in [-0.4, -0.2) is 6.29 Å². The van der Waals surface area contributed by atoms with Gasteiger partial charge in [-0.2, -0.15) is 0 Å². The van der Waals surface area contributed by atoms with E-state index in [4.69, 9.17) is 11.6 Å². The molecule has 2 heteroatoms. The summed E-state index contributed by atoms with van der Waals surface area (Å²) in [5, 5.41) is 0.696. The van der Waals surface area contributed by atoms with Gasteiger partial charge in [-0.3, -0.25) is 4.79 Å². The fourth-order valence-corrected chi connectivity index (χ4v) is 1.50. The third kappa shape index (κ3) is 2.85. The number of hydrogen-bond acceptors (Lipinski definition) is 1. The zero-order chi connectivity index (χ0) is 9.84. The Hall–Kier alpha value is -0.820. The quantitative estimate of drug-likeness (QED) is 0.678. The SMILES string of the molecule is CC(C)Cc1cc(Cl)ccc1C=O. The molecule has 1 aromatic rings. The van der Waals surface area contributed by atoms with Crippen molar-refractivity contribution in [3.63, 3.8) is 0 Å². The summed E-state index contributed by atoms with van der Waals surface area (Å²) in [5.41, 5.74) is 1.79. The lowest BCUT2D eigenvalue weighted by atomic mass is 9.99. The predicted octanol–water partition coefficient (Wildman–Crippen LogP) is 3.35. The molecule has 0 spiro atoms. The summed E-state index contributed by atoms with van der Waals surface area (Å²) in [4.78, 5) is 10.7. The minimum atomic E-state index is 0.539. The van der Waals surface area contributed by atoms with Gasteiger partial charge in [0.05, 0.1) is 0 Å². The molecule has 0 aliphatic carbocycles. The maximum atomic E-state index is 10.7. The van der Waals surface area contributed by atoms with Crippen LogP contribution >= 0.6 is 11.6 Å². The van der Waals surface area contributed by atoms with Crippen molar-refractivity contribution in [1.82, 2.24) is 0 Å². The van der Waals surface area contributed by atoms with E-state index in [1.54, 1.807) is 12.1 Å². The van der Waals surface area contributed by atoms with Gasteiger partial charge < -0.3 is 0 Å². The van der Waals surface area contributed by atoms with Gasteiger partial charge in [0.25, 0.3) is 0 Å². The Kier molecular flexibility index (Phi) is 3.49. The number of hydrogen-bond donors (Lipinski definition) is 0. The van der Waals surface area contributed by atoms with E-state index >= 15 is 0 Å². The van der Waals surface area contributed by atoms with Crippen molar-refractivity contribution in [1.29, 1.82) is 0 Å². The predicted molar refractivity (Wildman–Crippen MR) is 55.4 cm³/mol. The second-order valence-corrected chi connectivity index (χ2v) is 4.00. The lowest BCUT2D eigenvalue weighted by Gasteiger charge is -2.07. The van der Waals surface area contributed by atoms with Gasteiger partial charge in [0.15, 0.2) is 0 Å². The molecular formula is C11H13ClO. The average molecular weight is 197 g/mol. The van der Waals surface area contributed by atoms with Gasteiger partial charge in [0.2, 0.25) is 0 Å². The van der Waals surface area contributed by atoms with Crippen LogP contribution in [0.4, 0.5) is 0 Å². The highest BCUT2D eigenvalue weighted by molar-refractivity contribution is 6.30. The van der Waals surface area contributed by atoms with E-state index in [0.29, 0.717) is 10.9 Å². The number of rotatable bonds is 3. The topological polar surface area (TPSA) is 17.1 Å². The maximum Gasteiger partial charge on any atom is 0.150 e. The van der Waals surface area contributed by atoms with Crippen molar-refractivity contribution in [2.24, 2.45) is 5.92 Å². The van der Waals surface area contributed by atoms with Crippen molar-refractivity contribution < 1.29 is 4.79 Å². The molecule has 1 rings (SSSR count). The lowest BCUT2D eigenvalue weighted by Crippen LogP contribution is -1.98. The van der Waals surface area contributed by atoms with Crippen LogP contribution in [-0.2, 0) is 6.42 Å². The number of aldehydes is 1. The molecule has 0 heterocycles. The van der Waals surface area contributed by atoms with Crippen LogP contribution in [0.5, 0.6) is 0 Å². The molecule has 0 unspecified atom stereocenters. The van der Waals surface area contributed by atoms with Gasteiger partial charge in [-0.15, -0.1) is 0 Å². The number of benzene rings is 1. The van der Waals surface area contributed by atoms with Crippen molar-refractivity contribution in [3.8, 4) is 0 Å². The maximum absolute atomic E-state index is 10.7. The number of carbonyl (C=O) groups is 1. The third-order valence-corrected chi connectivity index (χ3v) is 2.10. The second-order valence-electron chi connectivity index (χ2n) is 3.56. The second kappa shape index (κ2) is 4.43. The van der Waals surface area contributed by atoms with Crippen LogP contribution in [0.1, 0.15) is 29.8 Å². The van der Waals surface area contributed by atoms with Gasteiger partial charge in [0.1, 0.15) is 6.29 Å². The standard InChI is InChI=1S/C11H13ClO/c1-8(2)5-10-6-11(12)4-3-9(10)7-13/h3-4,6-8H,5H2,1-2H3. The molecule has 0 radical (unpaired) electrons. The molecule has 0 saturated carbocycles. The highest BCUT2D eigenvalue weighted by atomic mass is 35.5. The van der Waals surface area contributed by atoms with Crippen LogP contribution < -0.4 is 0 Å². The molecule has 0 amide bonds. The Morgan fingerprint density at radius 2 is 2.15 bits per heavy atom. The third-order valence-electron chi connectivity index (χ3n) is 1.86. The number of carbonyl (C=O) groups excluding carboxylic acids is 1. The molecule has 13 heavy (non-hydrogen) atoms. The number of halogens is 1. The van der Waals surface area contributed by atoms with E-state index in [-0.39, 0.29) is 0 Å². The van der Waals surface area contributed by atoms with E-state index in [1.807, 2.05) is 6.07 Å². The minimum Gasteiger partial charge on any atom is -0.298 e. The molecule has 1 nitrogen and oxygen atoms in total. The normalized spacial score (nSPS) is 10.5. The summed E-state index contributed by atoms with van der Waals surface area (Å²) in [7, 11) is 0. The first-order chi connectivity index (χ1) is 6.13. The van der Waals surface area contributed by atoms with E-state index in [1.165, 1.54) is 0 Å². The molecule has 0 aliphatic heterocycles. The largest absolute Gasteiger partial charge is 0.298 e. The Morgan fingerprint density at radius 1 is 1.46 bits per heavy atom. The monoisotopic (exact) mass is 196 g/mol. The lowest BCUT2D eigenvalue weighted by molar-refractivity contribution is 0.112. The summed E-state index contributed by atoms with van der Waals surface area (Å²) >= 11 is 5.84. The average Bonchev–Trinajstić information content (AvgIpc) is 2.03. The van der Waals surface area contributed by atoms with E-state index in [0.717, 1.165) is 23.8 Å². The van der Waals surface area contributed by atoms with E-state index in [2.05, 4.69) is 13.8 Å². The Bertz CT molecular complexity index is 305. The van der Waals surface area contributed by atoms with Crippen molar-refractivity contribution >= 4 is 17.9 Å². The van der Waals surface area contributed by atoms with Gasteiger partial charge in [-0.25, -0.2) is 0 Å². The molecule has 0 atom stereocenters. The molecule has 0 aliphatic rings. The first-order valence-electron chi connectivity index (χ1n) is 4.37. The zero-order valence-corrected chi connectivity index (χ0v) is 8.64. The van der Waals surface area contributed by atoms with Crippen LogP contribution in [0.3, 0.4) is 0 Å².